The van der Waals surface area contributed by atoms with E-state index in [1.165, 1.54) is 6.07 Å². The summed E-state index contributed by atoms with van der Waals surface area (Å²) >= 11 is 0. The standard InChI is InChI=1S/C24H27F2N3O2/c1-16-8-11-28(12-9-16)24(31)23-19-5-3-2-4-17(19)10-13-29(23)15-22(30)27-21-7-6-18(25)14-20(21)26/h2-7,14,16,23H,8-13,15H2,1H3,(H,27,30). The average Bonchev–Trinajstić information content (AvgIpc) is 2.75. The van der Waals surface area contributed by atoms with Crippen LogP contribution in [0.2, 0.25) is 0 Å². The van der Waals surface area contributed by atoms with Crippen molar-refractivity contribution in [1.82, 2.24) is 9.80 Å². The molecule has 164 valence electrons. The second-order valence-corrected chi connectivity index (χ2v) is 8.50. The van der Waals surface area contributed by atoms with Gasteiger partial charge < -0.3 is 10.2 Å². The number of likely N-dealkylation sites (tertiary alicyclic amines) is 1. The summed E-state index contributed by atoms with van der Waals surface area (Å²) < 4.78 is 27.1. The third kappa shape index (κ3) is 4.77. The molecule has 0 aromatic heterocycles. The quantitative estimate of drug-likeness (QED) is 0.809. The lowest BCUT2D eigenvalue weighted by Crippen LogP contribution is -2.50. The van der Waals surface area contributed by atoms with Crippen molar-refractivity contribution in [3.8, 4) is 0 Å². The van der Waals surface area contributed by atoms with Crippen molar-refractivity contribution in [3.63, 3.8) is 0 Å². The number of benzene rings is 2. The molecule has 2 amide bonds. The Labute approximate surface area is 181 Å². The number of rotatable bonds is 4. The number of amides is 2. The first kappa shape index (κ1) is 21.4. The highest BCUT2D eigenvalue weighted by Crippen LogP contribution is 2.32. The normalized spacial score (nSPS) is 19.7. The van der Waals surface area contributed by atoms with E-state index >= 15 is 0 Å². The van der Waals surface area contributed by atoms with Gasteiger partial charge in [-0.25, -0.2) is 8.78 Å². The zero-order valence-corrected chi connectivity index (χ0v) is 17.6. The largest absolute Gasteiger partial charge is 0.341 e. The molecule has 0 radical (unpaired) electrons. The van der Waals surface area contributed by atoms with Gasteiger partial charge in [0.25, 0.3) is 0 Å². The molecule has 2 aliphatic heterocycles. The first-order chi connectivity index (χ1) is 14.9. The molecular formula is C24H27F2N3O2. The van der Waals surface area contributed by atoms with E-state index in [-0.39, 0.29) is 18.1 Å². The number of hydrogen-bond donors (Lipinski definition) is 1. The molecule has 1 atom stereocenters. The second-order valence-electron chi connectivity index (χ2n) is 8.50. The van der Waals surface area contributed by atoms with E-state index in [4.69, 9.17) is 0 Å². The topological polar surface area (TPSA) is 52.7 Å². The van der Waals surface area contributed by atoms with Crippen LogP contribution in [0.4, 0.5) is 14.5 Å². The monoisotopic (exact) mass is 427 g/mol. The fraction of sp³-hybridized carbons (Fsp3) is 0.417. The van der Waals surface area contributed by atoms with Gasteiger partial charge >= 0.3 is 0 Å². The van der Waals surface area contributed by atoms with Gasteiger partial charge in [0.15, 0.2) is 0 Å². The molecule has 1 fully saturated rings. The summed E-state index contributed by atoms with van der Waals surface area (Å²) in [5, 5.41) is 2.51. The minimum atomic E-state index is -0.826. The lowest BCUT2D eigenvalue weighted by molar-refractivity contribution is -0.139. The van der Waals surface area contributed by atoms with Crippen LogP contribution in [0.3, 0.4) is 0 Å². The minimum Gasteiger partial charge on any atom is -0.341 e. The molecule has 4 rings (SSSR count). The van der Waals surface area contributed by atoms with Crippen LogP contribution in [0.1, 0.15) is 36.9 Å². The number of fused-ring (bicyclic) bond motifs is 1. The third-order valence-electron chi connectivity index (χ3n) is 6.26. The molecule has 0 aliphatic carbocycles. The number of halogens is 2. The van der Waals surface area contributed by atoms with Crippen LogP contribution in [0.25, 0.3) is 0 Å². The van der Waals surface area contributed by atoms with Gasteiger partial charge in [-0.2, -0.15) is 0 Å². The van der Waals surface area contributed by atoms with Gasteiger partial charge in [-0.15, -0.1) is 0 Å². The molecule has 1 unspecified atom stereocenters. The summed E-state index contributed by atoms with van der Waals surface area (Å²) in [6, 6.07) is 10.3. The maximum Gasteiger partial charge on any atom is 0.244 e. The van der Waals surface area contributed by atoms with Crippen LogP contribution >= 0.6 is 0 Å². The molecule has 0 spiro atoms. The van der Waals surface area contributed by atoms with Crippen LogP contribution in [0.5, 0.6) is 0 Å². The molecule has 2 aliphatic rings. The summed E-state index contributed by atoms with van der Waals surface area (Å²) in [6.45, 7) is 4.14. The predicted molar refractivity (Wildman–Crippen MR) is 114 cm³/mol. The first-order valence-corrected chi connectivity index (χ1v) is 10.8. The smallest absolute Gasteiger partial charge is 0.244 e. The highest BCUT2D eigenvalue weighted by atomic mass is 19.1. The Morgan fingerprint density at radius 1 is 1.06 bits per heavy atom. The highest BCUT2D eigenvalue weighted by molar-refractivity contribution is 5.93. The maximum absolute atomic E-state index is 13.9. The fourth-order valence-electron chi connectivity index (χ4n) is 4.44. The van der Waals surface area contributed by atoms with E-state index in [1.807, 2.05) is 34.1 Å². The molecular weight excluding hydrogens is 400 g/mol. The lowest BCUT2D eigenvalue weighted by Gasteiger charge is -2.40. The Balaban J connectivity index is 1.53. The molecule has 1 saturated heterocycles. The number of carbonyl (C=O) groups is 2. The summed E-state index contributed by atoms with van der Waals surface area (Å²) in [6.07, 6.45) is 2.68. The number of hydrogen-bond acceptors (Lipinski definition) is 3. The third-order valence-corrected chi connectivity index (χ3v) is 6.26. The van der Waals surface area contributed by atoms with Gasteiger partial charge in [-0.05, 0) is 48.4 Å². The fourth-order valence-corrected chi connectivity index (χ4v) is 4.44. The molecule has 7 heteroatoms. The van der Waals surface area contributed by atoms with Crippen molar-refractivity contribution in [3.05, 3.63) is 65.2 Å². The Hall–Kier alpha value is -2.80. The SMILES string of the molecule is CC1CCN(C(=O)C2c3ccccc3CCN2CC(=O)Nc2ccc(F)cc2F)CC1. The van der Waals surface area contributed by atoms with E-state index in [9.17, 15) is 18.4 Å². The number of anilines is 1. The van der Waals surface area contributed by atoms with Gasteiger partial charge in [0.2, 0.25) is 11.8 Å². The van der Waals surface area contributed by atoms with E-state index in [0.29, 0.717) is 12.5 Å². The van der Waals surface area contributed by atoms with E-state index in [2.05, 4.69) is 12.2 Å². The summed E-state index contributed by atoms with van der Waals surface area (Å²) in [4.78, 5) is 30.0. The van der Waals surface area contributed by atoms with E-state index < -0.39 is 23.6 Å². The van der Waals surface area contributed by atoms with E-state index in [0.717, 1.165) is 55.6 Å². The van der Waals surface area contributed by atoms with Crippen molar-refractivity contribution < 1.29 is 18.4 Å². The predicted octanol–water partition coefficient (Wildman–Crippen LogP) is 3.76. The summed E-state index contributed by atoms with van der Waals surface area (Å²) in [5.41, 5.74) is 1.97. The maximum atomic E-state index is 13.9. The van der Waals surface area contributed by atoms with Crippen LogP contribution < -0.4 is 5.32 Å². The molecule has 5 nitrogen and oxygen atoms in total. The Morgan fingerprint density at radius 3 is 2.55 bits per heavy atom. The Morgan fingerprint density at radius 2 is 1.81 bits per heavy atom. The number of nitrogens with one attached hydrogen (secondary N) is 1. The first-order valence-electron chi connectivity index (χ1n) is 10.8. The number of piperidine rings is 1. The van der Waals surface area contributed by atoms with Crippen molar-refractivity contribution in [2.24, 2.45) is 5.92 Å². The van der Waals surface area contributed by atoms with Crippen LogP contribution in [-0.4, -0.2) is 47.8 Å². The molecule has 0 bridgehead atoms. The van der Waals surface area contributed by atoms with Crippen molar-refractivity contribution in [2.75, 3.05) is 31.5 Å². The Kier molecular flexibility index (Phi) is 6.32. The zero-order chi connectivity index (χ0) is 22.0. The number of nitrogens with zero attached hydrogens (tertiary/aromatic N) is 2. The van der Waals surface area contributed by atoms with Gasteiger partial charge in [0, 0.05) is 25.7 Å². The lowest BCUT2D eigenvalue weighted by atomic mass is 9.90. The molecule has 2 heterocycles. The summed E-state index contributed by atoms with van der Waals surface area (Å²) in [5.74, 6) is -1.35. The summed E-state index contributed by atoms with van der Waals surface area (Å²) in [7, 11) is 0. The highest BCUT2D eigenvalue weighted by Gasteiger charge is 2.37. The van der Waals surface area contributed by atoms with Gasteiger partial charge in [0.05, 0.1) is 12.2 Å². The van der Waals surface area contributed by atoms with Crippen molar-refractivity contribution in [2.45, 2.75) is 32.2 Å². The molecule has 2 aromatic carbocycles. The zero-order valence-electron chi connectivity index (χ0n) is 17.6. The van der Waals surface area contributed by atoms with Crippen molar-refractivity contribution in [1.29, 1.82) is 0 Å². The van der Waals surface area contributed by atoms with Crippen LogP contribution in [0, 0.1) is 17.6 Å². The molecule has 2 aromatic rings. The van der Waals surface area contributed by atoms with Crippen LogP contribution in [0.15, 0.2) is 42.5 Å². The second kappa shape index (κ2) is 9.14. The van der Waals surface area contributed by atoms with Crippen molar-refractivity contribution >= 4 is 17.5 Å². The Bertz CT molecular complexity index is 973. The minimum absolute atomic E-state index is 0.0137. The molecule has 1 N–H and O–H groups in total. The molecule has 31 heavy (non-hydrogen) atoms. The van der Waals surface area contributed by atoms with Gasteiger partial charge in [0.1, 0.15) is 17.7 Å². The van der Waals surface area contributed by atoms with Crippen LogP contribution in [-0.2, 0) is 16.0 Å². The molecule has 0 saturated carbocycles. The number of carbonyl (C=O) groups excluding carboxylic acids is 2. The van der Waals surface area contributed by atoms with Gasteiger partial charge in [-0.3, -0.25) is 14.5 Å². The average molecular weight is 427 g/mol. The van der Waals surface area contributed by atoms with E-state index in [1.54, 1.807) is 0 Å². The van der Waals surface area contributed by atoms with Gasteiger partial charge in [-0.1, -0.05) is 31.2 Å².